The van der Waals surface area contributed by atoms with Crippen molar-refractivity contribution < 1.29 is 24.0 Å². The van der Waals surface area contributed by atoms with Gasteiger partial charge in [-0.15, -0.1) is 0 Å². The van der Waals surface area contributed by atoms with Gasteiger partial charge < -0.3 is 19.3 Å². The molecular weight excluding hydrogens is 390 g/mol. The zero-order valence-corrected chi connectivity index (χ0v) is 16.4. The molecule has 0 aliphatic carbocycles. The number of hydrogen-bond donors (Lipinski definition) is 0. The summed E-state index contributed by atoms with van der Waals surface area (Å²) >= 11 is 0. The Bertz CT molecular complexity index is 1000. The van der Waals surface area contributed by atoms with Crippen LogP contribution in [0.15, 0.2) is 42.5 Å². The molecule has 2 amide bonds. The van der Waals surface area contributed by atoms with Crippen LogP contribution < -0.4 is 9.64 Å². The number of fused-ring (bicyclic) bond motifs is 1. The second-order valence-electron chi connectivity index (χ2n) is 7.13. The maximum Gasteiger partial charge on any atom is 0.273 e. The van der Waals surface area contributed by atoms with Crippen LogP contribution in [0.3, 0.4) is 0 Å². The molecule has 0 unspecified atom stereocenters. The summed E-state index contributed by atoms with van der Waals surface area (Å²) in [6, 6.07) is 11.4. The van der Waals surface area contributed by atoms with Crippen molar-refractivity contribution in [3.8, 4) is 5.75 Å². The summed E-state index contributed by atoms with van der Waals surface area (Å²) < 4.78 is 11.2. The Balaban J connectivity index is 1.68. The second kappa shape index (κ2) is 8.11. The van der Waals surface area contributed by atoms with Gasteiger partial charge >= 0.3 is 0 Å². The largest absolute Gasteiger partial charge is 0.476 e. The van der Waals surface area contributed by atoms with Crippen LogP contribution in [0.2, 0.25) is 0 Å². The monoisotopic (exact) mass is 411 g/mol. The SMILES string of the molecule is Cc1c(C(=O)N2C[C@@H](C(=O)N3CCOCC3)Oc3ccccc32)cccc1[N+](=O)[O-]. The highest BCUT2D eigenvalue weighted by Crippen LogP contribution is 2.35. The Kier molecular flexibility index (Phi) is 5.37. The number of nitrogens with zero attached hydrogens (tertiary/aromatic N) is 3. The fraction of sp³-hybridized carbons (Fsp3) is 0.333. The van der Waals surface area contributed by atoms with E-state index >= 15 is 0 Å². The number of benzene rings is 2. The molecule has 2 heterocycles. The molecule has 1 saturated heterocycles. The Labute approximate surface area is 172 Å². The van der Waals surface area contributed by atoms with Gasteiger partial charge in [-0.2, -0.15) is 0 Å². The maximum atomic E-state index is 13.4. The molecule has 2 aromatic rings. The molecule has 0 spiro atoms. The third kappa shape index (κ3) is 3.59. The summed E-state index contributed by atoms with van der Waals surface area (Å²) in [6.07, 6.45) is -0.860. The summed E-state index contributed by atoms with van der Waals surface area (Å²) in [6.45, 7) is 3.44. The molecule has 2 aromatic carbocycles. The molecule has 0 saturated carbocycles. The molecule has 156 valence electrons. The number of anilines is 1. The average molecular weight is 411 g/mol. The molecular formula is C21H21N3O6. The highest BCUT2D eigenvalue weighted by Gasteiger charge is 2.37. The van der Waals surface area contributed by atoms with Crippen molar-refractivity contribution in [2.45, 2.75) is 13.0 Å². The van der Waals surface area contributed by atoms with Crippen LogP contribution in [0, 0.1) is 17.0 Å². The number of amides is 2. The topological polar surface area (TPSA) is 102 Å². The first-order chi connectivity index (χ1) is 14.5. The van der Waals surface area contributed by atoms with Crippen molar-refractivity contribution in [3.05, 3.63) is 63.7 Å². The summed E-state index contributed by atoms with van der Waals surface area (Å²) in [5.41, 5.74) is 0.911. The highest BCUT2D eigenvalue weighted by atomic mass is 16.6. The third-order valence-corrected chi connectivity index (χ3v) is 5.35. The van der Waals surface area contributed by atoms with E-state index in [1.54, 1.807) is 42.2 Å². The van der Waals surface area contributed by atoms with Gasteiger partial charge in [0, 0.05) is 30.3 Å². The van der Waals surface area contributed by atoms with Crippen molar-refractivity contribution in [2.24, 2.45) is 0 Å². The molecule has 30 heavy (non-hydrogen) atoms. The van der Waals surface area contributed by atoms with E-state index in [9.17, 15) is 19.7 Å². The van der Waals surface area contributed by atoms with Gasteiger partial charge in [-0.25, -0.2) is 0 Å². The van der Waals surface area contributed by atoms with Crippen molar-refractivity contribution in [3.63, 3.8) is 0 Å². The third-order valence-electron chi connectivity index (χ3n) is 5.35. The smallest absolute Gasteiger partial charge is 0.273 e. The van der Waals surface area contributed by atoms with Gasteiger partial charge in [0.15, 0.2) is 6.10 Å². The van der Waals surface area contributed by atoms with E-state index in [1.807, 2.05) is 0 Å². The molecule has 0 radical (unpaired) electrons. The van der Waals surface area contributed by atoms with Crippen LogP contribution in [0.5, 0.6) is 5.75 Å². The number of para-hydroxylation sites is 2. The fourth-order valence-corrected chi connectivity index (χ4v) is 3.74. The molecule has 0 N–H and O–H groups in total. The average Bonchev–Trinajstić information content (AvgIpc) is 2.78. The van der Waals surface area contributed by atoms with E-state index < -0.39 is 16.9 Å². The Morgan fingerprint density at radius 1 is 1.10 bits per heavy atom. The number of nitro benzene ring substituents is 1. The number of ether oxygens (including phenoxy) is 2. The molecule has 2 aliphatic rings. The number of rotatable bonds is 3. The van der Waals surface area contributed by atoms with Crippen molar-refractivity contribution in [1.29, 1.82) is 0 Å². The lowest BCUT2D eigenvalue weighted by Gasteiger charge is -2.37. The predicted octanol–water partition coefficient (Wildman–Crippen LogP) is 2.17. The van der Waals surface area contributed by atoms with Crippen LogP contribution in [0.25, 0.3) is 0 Å². The van der Waals surface area contributed by atoms with E-state index in [4.69, 9.17) is 9.47 Å². The van der Waals surface area contributed by atoms with Gasteiger partial charge in [-0.3, -0.25) is 19.7 Å². The van der Waals surface area contributed by atoms with Gasteiger partial charge in [0.05, 0.1) is 30.4 Å². The fourth-order valence-electron chi connectivity index (χ4n) is 3.74. The number of nitro groups is 1. The molecule has 1 fully saturated rings. The lowest BCUT2D eigenvalue weighted by molar-refractivity contribution is -0.385. The lowest BCUT2D eigenvalue weighted by atomic mass is 10.0. The van der Waals surface area contributed by atoms with E-state index in [1.165, 1.54) is 17.0 Å². The second-order valence-corrected chi connectivity index (χ2v) is 7.13. The van der Waals surface area contributed by atoms with Gasteiger partial charge in [0.25, 0.3) is 17.5 Å². The molecule has 4 rings (SSSR count). The van der Waals surface area contributed by atoms with Gasteiger partial charge in [0.1, 0.15) is 5.75 Å². The molecule has 9 heteroatoms. The van der Waals surface area contributed by atoms with E-state index in [2.05, 4.69) is 0 Å². The predicted molar refractivity (Wildman–Crippen MR) is 108 cm³/mol. The first-order valence-corrected chi connectivity index (χ1v) is 9.65. The standard InChI is InChI=1S/C21H21N3O6/c1-14-15(5-4-7-16(14)24(27)28)20(25)23-13-19(21(26)22-9-11-29-12-10-22)30-18-8-3-2-6-17(18)23/h2-8,19H,9-13H2,1H3/t19-/m0/s1. The lowest BCUT2D eigenvalue weighted by Crippen LogP contribution is -2.54. The number of carbonyl (C=O) groups is 2. The molecule has 0 aromatic heterocycles. The van der Waals surface area contributed by atoms with Crippen molar-refractivity contribution >= 4 is 23.2 Å². The summed E-state index contributed by atoms with van der Waals surface area (Å²) in [4.78, 5) is 40.3. The van der Waals surface area contributed by atoms with E-state index in [0.717, 1.165) is 0 Å². The minimum absolute atomic E-state index is 0.0220. The summed E-state index contributed by atoms with van der Waals surface area (Å²) in [5, 5.41) is 11.3. The summed E-state index contributed by atoms with van der Waals surface area (Å²) in [5.74, 6) is -0.195. The number of carbonyl (C=O) groups excluding carboxylic acids is 2. The molecule has 0 bridgehead atoms. The zero-order chi connectivity index (χ0) is 21.3. The maximum absolute atomic E-state index is 13.4. The Morgan fingerprint density at radius 3 is 2.57 bits per heavy atom. The summed E-state index contributed by atoms with van der Waals surface area (Å²) in [7, 11) is 0. The molecule has 9 nitrogen and oxygen atoms in total. The van der Waals surface area contributed by atoms with Gasteiger partial charge in [0.2, 0.25) is 0 Å². The van der Waals surface area contributed by atoms with Crippen molar-refractivity contribution in [2.75, 3.05) is 37.7 Å². The van der Waals surface area contributed by atoms with Crippen LogP contribution in [0.4, 0.5) is 11.4 Å². The van der Waals surface area contributed by atoms with Crippen LogP contribution in [-0.2, 0) is 9.53 Å². The Hall–Kier alpha value is -3.46. The highest BCUT2D eigenvalue weighted by molar-refractivity contribution is 6.09. The molecule has 1 atom stereocenters. The van der Waals surface area contributed by atoms with Crippen LogP contribution in [-0.4, -0.2) is 60.6 Å². The normalized spacial score (nSPS) is 18.4. The first kappa shape index (κ1) is 19.8. The Morgan fingerprint density at radius 2 is 1.83 bits per heavy atom. The quantitative estimate of drug-likeness (QED) is 0.567. The van der Waals surface area contributed by atoms with Crippen LogP contribution in [0.1, 0.15) is 15.9 Å². The minimum Gasteiger partial charge on any atom is -0.476 e. The van der Waals surface area contributed by atoms with Gasteiger partial charge in [-0.1, -0.05) is 18.2 Å². The molecule has 2 aliphatic heterocycles. The first-order valence-electron chi connectivity index (χ1n) is 9.65. The van der Waals surface area contributed by atoms with Crippen LogP contribution >= 0.6 is 0 Å². The number of hydrogen-bond acceptors (Lipinski definition) is 6. The minimum atomic E-state index is -0.860. The zero-order valence-electron chi connectivity index (χ0n) is 16.4. The van der Waals surface area contributed by atoms with Gasteiger partial charge in [-0.05, 0) is 25.1 Å². The van der Waals surface area contributed by atoms with E-state index in [0.29, 0.717) is 37.7 Å². The van der Waals surface area contributed by atoms with Crippen molar-refractivity contribution in [1.82, 2.24) is 4.90 Å². The van der Waals surface area contributed by atoms with E-state index in [-0.39, 0.29) is 29.3 Å². The number of morpholine rings is 1.